The minimum atomic E-state index is -3.50. The number of carbonyl (C=O) groups is 1. The van der Waals surface area contributed by atoms with Gasteiger partial charge < -0.3 is 4.74 Å². The summed E-state index contributed by atoms with van der Waals surface area (Å²) in [6, 6.07) is 0. The molecule has 7 heteroatoms. The van der Waals surface area contributed by atoms with E-state index in [1.165, 1.54) is 11.4 Å². The fourth-order valence-electron chi connectivity index (χ4n) is 1.21. The molecule has 6 nitrogen and oxygen atoms in total. The molecule has 0 aliphatic rings. The van der Waals surface area contributed by atoms with Crippen molar-refractivity contribution in [3.05, 3.63) is 0 Å². The van der Waals surface area contributed by atoms with Crippen molar-refractivity contribution in [2.75, 3.05) is 26.7 Å². The summed E-state index contributed by atoms with van der Waals surface area (Å²) < 4.78 is 32.0. The Morgan fingerprint density at radius 1 is 1.39 bits per heavy atom. The van der Waals surface area contributed by atoms with E-state index in [4.69, 9.17) is 4.74 Å². The number of nitrogens with zero attached hydrogens (tertiary/aromatic N) is 1. The first-order valence-electron chi connectivity index (χ1n) is 6.22. The van der Waals surface area contributed by atoms with Crippen molar-refractivity contribution in [3.8, 4) is 0 Å². The van der Waals surface area contributed by atoms with Gasteiger partial charge in [-0.1, -0.05) is 20.3 Å². The fraction of sp³-hybridized carbons (Fsp3) is 0.909. The number of unbranched alkanes of at least 4 members (excludes halogenated alkanes) is 1. The second-order valence-electron chi connectivity index (χ2n) is 4.18. The van der Waals surface area contributed by atoms with E-state index in [-0.39, 0.29) is 6.54 Å². The number of ether oxygens (including phenoxy) is 1. The SMILES string of the molecule is CCCCN(C)S(=O)(=O)NC[C@H](C)C(=O)OCC. The van der Waals surface area contributed by atoms with E-state index in [2.05, 4.69) is 4.72 Å². The number of nitrogens with one attached hydrogen (secondary N) is 1. The summed E-state index contributed by atoms with van der Waals surface area (Å²) in [7, 11) is -1.98. The topological polar surface area (TPSA) is 75.7 Å². The Morgan fingerprint density at radius 2 is 2.00 bits per heavy atom. The Morgan fingerprint density at radius 3 is 2.50 bits per heavy atom. The van der Waals surface area contributed by atoms with Crippen molar-refractivity contribution in [1.29, 1.82) is 0 Å². The van der Waals surface area contributed by atoms with Gasteiger partial charge in [-0.2, -0.15) is 12.7 Å². The quantitative estimate of drug-likeness (QED) is 0.632. The van der Waals surface area contributed by atoms with Crippen molar-refractivity contribution in [3.63, 3.8) is 0 Å². The van der Waals surface area contributed by atoms with Crippen LogP contribution < -0.4 is 4.72 Å². The Balaban J connectivity index is 4.21. The highest BCUT2D eigenvalue weighted by Crippen LogP contribution is 2.01. The van der Waals surface area contributed by atoms with Crippen molar-refractivity contribution in [1.82, 2.24) is 9.03 Å². The van der Waals surface area contributed by atoms with Gasteiger partial charge in [-0.25, -0.2) is 4.72 Å². The third kappa shape index (κ3) is 6.32. The van der Waals surface area contributed by atoms with Gasteiger partial charge >= 0.3 is 5.97 Å². The summed E-state index contributed by atoms with van der Waals surface area (Å²) in [5, 5.41) is 0. The summed E-state index contributed by atoms with van der Waals surface area (Å²) in [6.45, 7) is 6.17. The monoisotopic (exact) mass is 280 g/mol. The first-order valence-corrected chi connectivity index (χ1v) is 7.66. The number of carbonyl (C=O) groups excluding carboxylic acids is 1. The van der Waals surface area contributed by atoms with Gasteiger partial charge in [0.25, 0.3) is 10.2 Å². The molecule has 0 aromatic carbocycles. The molecular formula is C11H24N2O4S. The lowest BCUT2D eigenvalue weighted by Crippen LogP contribution is -2.41. The number of esters is 1. The van der Waals surface area contributed by atoms with E-state index >= 15 is 0 Å². The van der Waals surface area contributed by atoms with Gasteiger partial charge in [0.1, 0.15) is 0 Å². The molecule has 108 valence electrons. The summed E-state index contributed by atoms with van der Waals surface area (Å²) >= 11 is 0. The van der Waals surface area contributed by atoms with E-state index in [1.807, 2.05) is 6.92 Å². The minimum Gasteiger partial charge on any atom is -0.466 e. The van der Waals surface area contributed by atoms with Gasteiger partial charge in [-0.05, 0) is 13.3 Å². The van der Waals surface area contributed by atoms with Gasteiger partial charge in [0.05, 0.1) is 12.5 Å². The lowest BCUT2D eigenvalue weighted by Gasteiger charge is -2.18. The Labute approximate surface area is 110 Å². The van der Waals surface area contributed by atoms with Gasteiger partial charge in [0.15, 0.2) is 0 Å². The van der Waals surface area contributed by atoms with Crippen LogP contribution in [0.5, 0.6) is 0 Å². The molecule has 0 aliphatic carbocycles. The molecule has 0 spiro atoms. The van der Waals surface area contributed by atoms with Gasteiger partial charge in [0.2, 0.25) is 0 Å². The molecule has 0 bridgehead atoms. The molecule has 0 aromatic rings. The van der Waals surface area contributed by atoms with E-state index < -0.39 is 22.1 Å². The van der Waals surface area contributed by atoms with Crippen molar-refractivity contribution in [2.45, 2.75) is 33.6 Å². The minimum absolute atomic E-state index is 0.0532. The number of hydrogen-bond acceptors (Lipinski definition) is 4. The Hall–Kier alpha value is -0.660. The van der Waals surface area contributed by atoms with Crippen LogP contribution in [-0.2, 0) is 19.7 Å². The number of hydrogen-bond donors (Lipinski definition) is 1. The maximum atomic E-state index is 11.8. The van der Waals surface area contributed by atoms with Crippen LogP contribution >= 0.6 is 0 Å². The molecule has 18 heavy (non-hydrogen) atoms. The highest BCUT2D eigenvalue weighted by atomic mass is 32.2. The lowest BCUT2D eigenvalue weighted by atomic mass is 10.2. The van der Waals surface area contributed by atoms with Crippen LogP contribution in [0.2, 0.25) is 0 Å². The largest absolute Gasteiger partial charge is 0.466 e. The van der Waals surface area contributed by atoms with Crippen LogP contribution in [0.25, 0.3) is 0 Å². The standard InChI is InChI=1S/C11H24N2O4S/c1-5-7-8-13(4)18(15,16)12-9-10(3)11(14)17-6-2/h10,12H,5-9H2,1-4H3/t10-/m0/s1. The van der Waals surface area contributed by atoms with Crippen molar-refractivity contribution in [2.24, 2.45) is 5.92 Å². The molecule has 0 heterocycles. The average molecular weight is 280 g/mol. The fourth-order valence-corrected chi connectivity index (χ4v) is 2.26. The molecule has 0 rings (SSSR count). The Bertz CT molecular complexity index is 343. The predicted octanol–water partition coefficient (Wildman–Crippen LogP) is 0.752. The number of rotatable bonds is 9. The molecule has 1 atom stereocenters. The average Bonchev–Trinajstić information content (AvgIpc) is 2.33. The third-order valence-electron chi connectivity index (χ3n) is 2.50. The molecule has 0 radical (unpaired) electrons. The zero-order chi connectivity index (χ0) is 14.2. The summed E-state index contributed by atoms with van der Waals surface area (Å²) in [6.07, 6.45) is 1.74. The molecule has 0 saturated carbocycles. The highest BCUT2D eigenvalue weighted by Gasteiger charge is 2.20. The first kappa shape index (κ1) is 17.3. The summed E-state index contributed by atoms with van der Waals surface area (Å²) in [4.78, 5) is 11.3. The molecule has 0 unspecified atom stereocenters. The molecule has 0 saturated heterocycles. The van der Waals surface area contributed by atoms with E-state index in [9.17, 15) is 13.2 Å². The van der Waals surface area contributed by atoms with E-state index in [0.717, 1.165) is 12.8 Å². The van der Waals surface area contributed by atoms with Crippen LogP contribution in [0, 0.1) is 5.92 Å². The zero-order valence-electron chi connectivity index (χ0n) is 11.6. The van der Waals surface area contributed by atoms with Gasteiger partial charge in [0, 0.05) is 20.1 Å². The normalized spacial score (nSPS) is 13.6. The van der Waals surface area contributed by atoms with Crippen LogP contribution in [0.3, 0.4) is 0 Å². The molecule has 0 aromatic heterocycles. The molecule has 0 aliphatic heterocycles. The molecule has 1 N–H and O–H groups in total. The van der Waals surface area contributed by atoms with Crippen molar-refractivity contribution < 1.29 is 17.9 Å². The zero-order valence-corrected chi connectivity index (χ0v) is 12.4. The van der Waals surface area contributed by atoms with Crippen molar-refractivity contribution >= 4 is 16.2 Å². The molecule has 0 fully saturated rings. The van der Waals surface area contributed by atoms with E-state index in [0.29, 0.717) is 13.2 Å². The van der Waals surface area contributed by atoms with Gasteiger partial charge in [-0.3, -0.25) is 4.79 Å². The highest BCUT2D eigenvalue weighted by molar-refractivity contribution is 7.87. The Kier molecular flexibility index (Phi) is 8.13. The molecule has 0 amide bonds. The maximum absolute atomic E-state index is 11.8. The smallest absolute Gasteiger partial charge is 0.309 e. The predicted molar refractivity (Wildman–Crippen MR) is 70.3 cm³/mol. The molecular weight excluding hydrogens is 256 g/mol. The third-order valence-corrected chi connectivity index (χ3v) is 4.03. The van der Waals surface area contributed by atoms with Crippen LogP contribution in [0.15, 0.2) is 0 Å². The lowest BCUT2D eigenvalue weighted by molar-refractivity contribution is -0.147. The maximum Gasteiger partial charge on any atom is 0.309 e. The van der Waals surface area contributed by atoms with Gasteiger partial charge in [-0.15, -0.1) is 0 Å². The summed E-state index contributed by atoms with van der Waals surface area (Å²) in [5.41, 5.74) is 0. The van der Waals surface area contributed by atoms with Crippen LogP contribution in [0.1, 0.15) is 33.6 Å². The van der Waals surface area contributed by atoms with E-state index in [1.54, 1.807) is 13.8 Å². The first-order chi connectivity index (χ1) is 8.35. The second kappa shape index (κ2) is 8.44. The van der Waals surface area contributed by atoms with Crippen LogP contribution in [0.4, 0.5) is 0 Å². The summed E-state index contributed by atoms with van der Waals surface area (Å²) in [5.74, 6) is -0.879. The second-order valence-corrected chi connectivity index (χ2v) is 6.04. The van der Waals surface area contributed by atoms with Crippen LogP contribution in [-0.4, -0.2) is 45.4 Å².